The maximum Gasteiger partial charge on any atom is 0.308 e. The number of rotatable bonds is 5. The van der Waals surface area contributed by atoms with Gasteiger partial charge in [-0.3, -0.25) is 4.79 Å². The molecule has 0 heterocycles. The zero-order valence-corrected chi connectivity index (χ0v) is 8.30. The van der Waals surface area contributed by atoms with Gasteiger partial charge < -0.3 is 14.9 Å². The summed E-state index contributed by atoms with van der Waals surface area (Å²) in [4.78, 5) is 11.1. The van der Waals surface area contributed by atoms with E-state index in [1.165, 1.54) is 0 Å². The van der Waals surface area contributed by atoms with E-state index >= 15 is 0 Å². The van der Waals surface area contributed by atoms with Crippen LogP contribution in [0.15, 0.2) is 30.3 Å². The second-order valence-electron chi connectivity index (χ2n) is 3.19. The average Bonchev–Trinajstić information content (AvgIpc) is 2.27. The van der Waals surface area contributed by atoms with Crippen molar-refractivity contribution in [3.05, 3.63) is 35.9 Å². The van der Waals surface area contributed by atoms with Gasteiger partial charge in [0.05, 0.1) is 19.1 Å². The van der Waals surface area contributed by atoms with E-state index in [1.54, 1.807) is 0 Å². The Hall–Kier alpha value is -1.39. The number of aliphatic hydroxyl groups is 2. The third-order valence-corrected chi connectivity index (χ3v) is 1.86. The minimum atomic E-state index is -1.03. The predicted octanol–water partition coefficient (Wildman–Crippen LogP) is 0.473. The summed E-state index contributed by atoms with van der Waals surface area (Å²) in [6, 6.07) is 9.27. The van der Waals surface area contributed by atoms with Crippen molar-refractivity contribution < 1.29 is 19.7 Å². The lowest BCUT2D eigenvalue weighted by Crippen LogP contribution is -2.18. The van der Waals surface area contributed by atoms with Gasteiger partial charge in [-0.2, -0.15) is 0 Å². The Labute approximate surface area is 88.1 Å². The molecule has 4 nitrogen and oxygen atoms in total. The molecule has 0 spiro atoms. The predicted molar refractivity (Wildman–Crippen MR) is 53.9 cm³/mol. The van der Waals surface area contributed by atoms with Crippen molar-refractivity contribution in [3.63, 3.8) is 0 Å². The van der Waals surface area contributed by atoms with E-state index < -0.39 is 18.7 Å². The first-order valence-electron chi connectivity index (χ1n) is 4.71. The molecule has 1 atom stereocenters. The van der Waals surface area contributed by atoms with E-state index in [1.807, 2.05) is 30.3 Å². The third-order valence-electron chi connectivity index (χ3n) is 1.86. The highest BCUT2D eigenvalue weighted by Crippen LogP contribution is 2.02. The van der Waals surface area contributed by atoms with Crippen LogP contribution in [0.3, 0.4) is 0 Å². The van der Waals surface area contributed by atoms with Crippen LogP contribution in [0, 0.1) is 0 Å². The molecule has 0 fully saturated rings. The number of carbonyl (C=O) groups excluding carboxylic acids is 1. The minimum absolute atomic E-state index is 0.177. The van der Waals surface area contributed by atoms with Gasteiger partial charge in [-0.05, 0) is 5.56 Å². The Balaban J connectivity index is 2.29. The lowest BCUT2D eigenvalue weighted by Gasteiger charge is -2.07. The Kier molecular flexibility index (Phi) is 4.80. The molecule has 1 aromatic rings. The fourth-order valence-corrected chi connectivity index (χ4v) is 1.05. The molecule has 15 heavy (non-hydrogen) atoms. The molecule has 0 aliphatic rings. The maximum absolute atomic E-state index is 11.1. The highest BCUT2D eigenvalue weighted by Gasteiger charge is 2.10. The molecule has 0 saturated heterocycles. The summed E-state index contributed by atoms with van der Waals surface area (Å²) in [5.41, 5.74) is 0.893. The van der Waals surface area contributed by atoms with E-state index in [9.17, 15) is 4.79 Å². The van der Waals surface area contributed by atoms with Gasteiger partial charge >= 0.3 is 5.97 Å². The smallest absolute Gasteiger partial charge is 0.308 e. The van der Waals surface area contributed by atoms with Gasteiger partial charge in [0.15, 0.2) is 0 Å². The van der Waals surface area contributed by atoms with Crippen molar-refractivity contribution in [3.8, 4) is 0 Å². The summed E-state index contributed by atoms with van der Waals surface area (Å²) in [5.74, 6) is -0.514. The van der Waals surface area contributed by atoms with Crippen molar-refractivity contribution in [2.75, 3.05) is 6.61 Å². The Morgan fingerprint density at radius 2 is 2.00 bits per heavy atom. The first kappa shape index (κ1) is 11.7. The second kappa shape index (κ2) is 6.16. The molecule has 0 bridgehead atoms. The van der Waals surface area contributed by atoms with Crippen molar-refractivity contribution in [2.45, 2.75) is 19.1 Å². The highest BCUT2D eigenvalue weighted by molar-refractivity contribution is 5.69. The van der Waals surface area contributed by atoms with Gasteiger partial charge in [-0.25, -0.2) is 0 Å². The fraction of sp³-hybridized carbons (Fsp3) is 0.364. The Morgan fingerprint density at radius 1 is 1.33 bits per heavy atom. The molecular formula is C11H14O4. The number of hydrogen-bond acceptors (Lipinski definition) is 4. The average molecular weight is 210 g/mol. The van der Waals surface area contributed by atoms with E-state index in [0.717, 1.165) is 5.56 Å². The molecule has 0 aromatic heterocycles. The van der Waals surface area contributed by atoms with Crippen LogP contribution in [0.25, 0.3) is 0 Å². The van der Waals surface area contributed by atoms with Gasteiger partial charge in [-0.1, -0.05) is 30.3 Å². The summed E-state index contributed by atoms with van der Waals surface area (Å²) in [7, 11) is 0. The first-order chi connectivity index (χ1) is 7.22. The van der Waals surface area contributed by atoms with Gasteiger partial charge in [-0.15, -0.1) is 0 Å². The maximum atomic E-state index is 11.1. The van der Waals surface area contributed by atoms with Crippen molar-refractivity contribution in [1.29, 1.82) is 0 Å². The standard InChI is InChI=1S/C11H14O4/c12-7-10(13)6-11(14)15-8-9-4-2-1-3-5-9/h1-5,10,12-13H,6-8H2/t10-/m1/s1. The van der Waals surface area contributed by atoms with E-state index in [-0.39, 0.29) is 13.0 Å². The molecule has 0 amide bonds. The molecule has 2 N–H and O–H groups in total. The highest BCUT2D eigenvalue weighted by atomic mass is 16.5. The summed E-state index contributed by atoms with van der Waals surface area (Å²) < 4.78 is 4.89. The Morgan fingerprint density at radius 3 is 2.60 bits per heavy atom. The molecule has 82 valence electrons. The normalized spacial score (nSPS) is 12.1. The molecule has 4 heteroatoms. The molecule has 0 saturated carbocycles. The number of esters is 1. The topological polar surface area (TPSA) is 66.8 Å². The lowest BCUT2D eigenvalue weighted by molar-refractivity contribution is -0.147. The lowest BCUT2D eigenvalue weighted by atomic mass is 10.2. The summed E-state index contributed by atoms with van der Waals surface area (Å²) in [5, 5.41) is 17.5. The zero-order valence-electron chi connectivity index (χ0n) is 8.30. The van der Waals surface area contributed by atoms with Gasteiger partial charge in [0.1, 0.15) is 6.61 Å². The monoisotopic (exact) mass is 210 g/mol. The molecule has 1 rings (SSSR count). The molecular weight excluding hydrogens is 196 g/mol. The van der Waals surface area contributed by atoms with Gasteiger partial charge in [0, 0.05) is 0 Å². The van der Waals surface area contributed by atoms with Crippen LogP contribution in [-0.2, 0) is 16.1 Å². The third kappa shape index (κ3) is 4.58. The fourth-order valence-electron chi connectivity index (χ4n) is 1.05. The second-order valence-corrected chi connectivity index (χ2v) is 3.19. The van der Waals surface area contributed by atoms with E-state index in [0.29, 0.717) is 0 Å². The SMILES string of the molecule is O=C(C[C@@H](O)CO)OCc1ccccc1. The summed E-state index contributed by atoms with van der Waals surface area (Å²) >= 11 is 0. The number of hydrogen-bond donors (Lipinski definition) is 2. The van der Waals surface area contributed by atoms with Crippen molar-refractivity contribution >= 4 is 5.97 Å². The van der Waals surface area contributed by atoms with Crippen LogP contribution in [0.5, 0.6) is 0 Å². The summed E-state index contributed by atoms with van der Waals surface area (Å²) in [6.07, 6.45) is -1.21. The van der Waals surface area contributed by atoms with E-state index in [4.69, 9.17) is 14.9 Å². The minimum Gasteiger partial charge on any atom is -0.461 e. The first-order valence-corrected chi connectivity index (χ1v) is 4.71. The largest absolute Gasteiger partial charge is 0.461 e. The Bertz CT molecular complexity index is 297. The molecule has 0 aliphatic heterocycles. The number of carbonyl (C=O) groups is 1. The summed E-state index contributed by atoms with van der Waals surface area (Å²) in [6.45, 7) is -0.238. The van der Waals surface area contributed by atoms with Gasteiger partial charge in [0.25, 0.3) is 0 Å². The van der Waals surface area contributed by atoms with Crippen LogP contribution < -0.4 is 0 Å². The number of ether oxygens (including phenoxy) is 1. The molecule has 0 radical (unpaired) electrons. The van der Waals surface area contributed by atoms with Crippen LogP contribution in [0.1, 0.15) is 12.0 Å². The number of benzene rings is 1. The quantitative estimate of drug-likeness (QED) is 0.693. The molecule has 0 unspecified atom stereocenters. The zero-order chi connectivity index (χ0) is 11.1. The number of aliphatic hydroxyl groups excluding tert-OH is 2. The molecule has 0 aliphatic carbocycles. The van der Waals surface area contributed by atoms with Crippen molar-refractivity contribution in [1.82, 2.24) is 0 Å². The van der Waals surface area contributed by atoms with Crippen LogP contribution in [0.2, 0.25) is 0 Å². The van der Waals surface area contributed by atoms with Crippen molar-refractivity contribution in [2.24, 2.45) is 0 Å². The van der Waals surface area contributed by atoms with Crippen LogP contribution >= 0.6 is 0 Å². The van der Waals surface area contributed by atoms with Crippen LogP contribution in [-0.4, -0.2) is 28.9 Å². The van der Waals surface area contributed by atoms with Crippen LogP contribution in [0.4, 0.5) is 0 Å². The molecule has 1 aromatic carbocycles. The van der Waals surface area contributed by atoms with Gasteiger partial charge in [0.2, 0.25) is 0 Å². The van der Waals surface area contributed by atoms with E-state index in [2.05, 4.69) is 0 Å².